The molecular formula is C11H22N2. The van der Waals surface area contributed by atoms with Gasteiger partial charge in [0.25, 0.3) is 0 Å². The van der Waals surface area contributed by atoms with Crippen LogP contribution >= 0.6 is 0 Å². The summed E-state index contributed by atoms with van der Waals surface area (Å²) in [6.45, 7) is 10.3. The van der Waals surface area contributed by atoms with Crippen LogP contribution in [0.2, 0.25) is 0 Å². The summed E-state index contributed by atoms with van der Waals surface area (Å²) in [5.74, 6) is 0. The molecule has 2 heteroatoms. The second-order valence-electron chi connectivity index (χ2n) is 3.59. The second-order valence-corrected chi connectivity index (χ2v) is 3.59. The van der Waals surface area contributed by atoms with Crippen LogP contribution in [-0.2, 0) is 0 Å². The van der Waals surface area contributed by atoms with E-state index in [4.69, 9.17) is 0 Å². The average Bonchev–Trinajstić information content (AvgIpc) is 2.21. The molecule has 13 heavy (non-hydrogen) atoms. The normalized spacial score (nSPS) is 17.6. The van der Waals surface area contributed by atoms with E-state index < -0.39 is 0 Å². The largest absolute Gasteiger partial charge is 0.313 e. The average molecular weight is 182 g/mol. The summed E-state index contributed by atoms with van der Waals surface area (Å²) < 4.78 is 0. The van der Waals surface area contributed by atoms with Crippen molar-refractivity contribution in [2.45, 2.75) is 26.7 Å². The maximum atomic E-state index is 3.34. The van der Waals surface area contributed by atoms with Gasteiger partial charge < -0.3 is 10.2 Å². The van der Waals surface area contributed by atoms with Gasteiger partial charge in [-0.1, -0.05) is 25.5 Å². The zero-order chi connectivity index (χ0) is 9.52. The lowest BCUT2D eigenvalue weighted by molar-refractivity contribution is 0.306. The third-order valence-corrected chi connectivity index (χ3v) is 2.80. The van der Waals surface area contributed by atoms with Crippen molar-refractivity contribution in [3.05, 3.63) is 11.6 Å². The molecule has 0 spiro atoms. The monoisotopic (exact) mass is 182 g/mol. The Labute approximate surface area is 82.0 Å². The first kappa shape index (κ1) is 10.7. The number of hydrogen-bond acceptors (Lipinski definition) is 2. The van der Waals surface area contributed by atoms with Gasteiger partial charge >= 0.3 is 0 Å². The van der Waals surface area contributed by atoms with Crippen LogP contribution < -0.4 is 5.32 Å². The fourth-order valence-corrected chi connectivity index (χ4v) is 1.74. The van der Waals surface area contributed by atoms with Crippen molar-refractivity contribution in [1.82, 2.24) is 10.2 Å². The molecule has 2 nitrogen and oxygen atoms in total. The quantitative estimate of drug-likeness (QED) is 0.650. The van der Waals surface area contributed by atoms with Crippen LogP contribution in [0.1, 0.15) is 26.7 Å². The van der Waals surface area contributed by atoms with Gasteiger partial charge in [-0.15, -0.1) is 0 Å². The van der Waals surface area contributed by atoms with Crippen molar-refractivity contribution >= 4 is 0 Å². The minimum Gasteiger partial charge on any atom is -0.313 e. The summed E-state index contributed by atoms with van der Waals surface area (Å²) in [6.07, 6.45) is 4.87. The lowest BCUT2D eigenvalue weighted by Crippen LogP contribution is -2.26. The second kappa shape index (κ2) is 6.17. The van der Waals surface area contributed by atoms with Crippen LogP contribution in [0.3, 0.4) is 0 Å². The number of nitrogens with zero attached hydrogens (tertiary/aromatic N) is 1. The predicted molar refractivity (Wildman–Crippen MR) is 58.0 cm³/mol. The summed E-state index contributed by atoms with van der Waals surface area (Å²) in [5, 5.41) is 3.34. The molecule has 0 atom stereocenters. The Balaban J connectivity index is 2.20. The zero-order valence-corrected chi connectivity index (χ0v) is 8.97. The molecule has 0 bridgehead atoms. The van der Waals surface area contributed by atoms with E-state index in [0.29, 0.717) is 0 Å². The molecule has 0 aromatic carbocycles. The molecule has 1 heterocycles. The maximum Gasteiger partial charge on any atom is 0.0137 e. The van der Waals surface area contributed by atoms with Gasteiger partial charge in [-0.3, -0.25) is 0 Å². The molecule has 1 rings (SSSR count). The van der Waals surface area contributed by atoms with Gasteiger partial charge in [0.1, 0.15) is 0 Å². The van der Waals surface area contributed by atoms with Crippen molar-refractivity contribution in [2.75, 3.05) is 32.7 Å². The molecule has 0 unspecified atom stereocenters. The summed E-state index contributed by atoms with van der Waals surface area (Å²) in [5.41, 5.74) is 1.64. The van der Waals surface area contributed by atoms with Gasteiger partial charge in [0.2, 0.25) is 0 Å². The minimum absolute atomic E-state index is 1.08. The van der Waals surface area contributed by atoms with Gasteiger partial charge in [0, 0.05) is 13.1 Å². The molecule has 1 aliphatic heterocycles. The standard InChI is InChI=1S/C11H22N2/c1-3-13(4-2)10-7-11-5-8-12-9-6-11/h5,12H,3-4,6-10H2,1-2H3. The van der Waals surface area contributed by atoms with Gasteiger partial charge in [-0.2, -0.15) is 0 Å². The molecule has 0 amide bonds. The van der Waals surface area contributed by atoms with Crippen LogP contribution in [-0.4, -0.2) is 37.6 Å². The van der Waals surface area contributed by atoms with E-state index in [1.807, 2.05) is 0 Å². The number of rotatable bonds is 5. The lowest BCUT2D eigenvalue weighted by Gasteiger charge is -2.20. The van der Waals surface area contributed by atoms with Crippen LogP contribution in [0.5, 0.6) is 0 Å². The van der Waals surface area contributed by atoms with E-state index in [2.05, 4.69) is 30.1 Å². The molecule has 1 aliphatic rings. The highest BCUT2D eigenvalue weighted by Gasteiger charge is 2.04. The Morgan fingerprint density at radius 1 is 1.38 bits per heavy atom. The SMILES string of the molecule is CCN(CC)CCC1=CCNCC1. The van der Waals surface area contributed by atoms with Crippen LogP contribution in [0.4, 0.5) is 0 Å². The van der Waals surface area contributed by atoms with E-state index in [9.17, 15) is 0 Å². The van der Waals surface area contributed by atoms with Crippen LogP contribution in [0, 0.1) is 0 Å². The fraction of sp³-hybridized carbons (Fsp3) is 0.818. The Kier molecular flexibility index (Phi) is 5.09. The summed E-state index contributed by atoms with van der Waals surface area (Å²) >= 11 is 0. The van der Waals surface area contributed by atoms with Crippen molar-refractivity contribution < 1.29 is 0 Å². The van der Waals surface area contributed by atoms with E-state index in [0.717, 1.165) is 6.54 Å². The first-order chi connectivity index (χ1) is 6.36. The molecule has 76 valence electrons. The lowest BCUT2D eigenvalue weighted by atomic mass is 10.1. The summed E-state index contributed by atoms with van der Waals surface area (Å²) in [6, 6.07) is 0. The third kappa shape index (κ3) is 3.92. The van der Waals surface area contributed by atoms with Crippen molar-refractivity contribution in [3.8, 4) is 0 Å². The molecule has 0 aromatic heterocycles. The highest BCUT2D eigenvalue weighted by atomic mass is 15.1. The smallest absolute Gasteiger partial charge is 0.0137 e. The molecule has 0 fully saturated rings. The molecule has 0 aliphatic carbocycles. The van der Waals surface area contributed by atoms with E-state index in [1.54, 1.807) is 5.57 Å². The summed E-state index contributed by atoms with van der Waals surface area (Å²) in [4.78, 5) is 2.49. The van der Waals surface area contributed by atoms with Crippen LogP contribution in [0.15, 0.2) is 11.6 Å². The Bertz CT molecular complexity index is 159. The molecule has 0 saturated carbocycles. The topological polar surface area (TPSA) is 15.3 Å². The Morgan fingerprint density at radius 2 is 2.15 bits per heavy atom. The van der Waals surface area contributed by atoms with E-state index in [-0.39, 0.29) is 0 Å². The molecular weight excluding hydrogens is 160 g/mol. The highest BCUT2D eigenvalue weighted by molar-refractivity contribution is 5.06. The molecule has 1 N–H and O–H groups in total. The molecule has 0 saturated heterocycles. The third-order valence-electron chi connectivity index (χ3n) is 2.80. The highest BCUT2D eigenvalue weighted by Crippen LogP contribution is 2.09. The molecule has 0 radical (unpaired) electrons. The Hall–Kier alpha value is -0.340. The summed E-state index contributed by atoms with van der Waals surface area (Å²) in [7, 11) is 0. The first-order valence-electron chi connectivity index (χ1n) is 5.47. The zero-order valence-electron chi connectivity index (χ0n) is 8.97. The van der Waals surface area contributed by atoms with Gasteiger partial charge in [0.05, 0.1) is 0 Å². The maximum absolute atomic E-state index is 3.34. The van der Waals surface area contributed by atoms with E-state index >= 15 is 0 Å². The van der Waals surface area contributed by atoms with Crippen molar-refractivity contribution in [2.24, 2.45) is 0 Å². The first-order valence-corrected chi connectivity index (χ1v) is 5.47. The number of hydrogen-bond donors (Lipinski definition) is 1. The van der Waals surface area contributed by atoms with Crippen LogP contribution in [0.25, 0.3) is 0 Å². The molecule has 0 aromatic rings. The number of nitrogens with one attached hydrogen (secondary N) is 1. The minimum atomic E-state index is 1.08. The Morgan fingerprint density at radius 3 is 2.69 bits per heavy atom. The van der Waals surface area contributed by atoms with Gasteiger partial charge in [0.15, 0.2) is 0 Å². The van der Waals surface area contributed by atoms with E-state index in [1.165, 1.54) is 39.0 Å². The van der Waals surface area contributed by atoms with Crippen molar-refractivity contribution in [3.63, 3.8) is 0 Å². The van der Waals surface area contributed by atoms with Gasteiger partial charge in [-0.05, 0) is 32.5 Å². The van der Waals surface area contributed by atoms with Crippen molar-refractivity contribution in [1.29, 1.82) is 0 Å². The van der Waals surface area contributed by atoms with Gasteiger partial charge in [-0.25, -0.2) is 0 Å². The fourth-order valence-electron chi connectivity index (χ4n) is 1.74. The predicted octanol–water partition coefficient (Wildman–Crippen LogP) is 1.64.